The summed E-state index contributed by atoms with van der Waals surface area (Å²) in [5, 5.41) is 9.37. The summed E-state index contributed by atoms with van der Waals surface area (Å²) in [6.45, 7) is 2.15. The van der Waals surface area contributed by atoms with Crippen LogP contribution in [0.2, 0.25) is 5.02 Å². The molecule has 1 saturated heterocycles. The van der Waals surface area contributed by atoms with Gasteiger partial charge in [-0.2, -0.15) is 0 Å². The van der Waals surface area contributed by atoms with Gasteiger partial charge in [-0.25, -0.2) is 4.79 Å². The first-order valence-electron chi connectivity index (χ1n) is 9.83. The molecular weight excluding hydrogens is 406 g/mol. The number of hydrogen-bond donors (Lipinski definition) is 2. The number of carbonyl (C=O) groups excluding carboxylic acids is 1. The van der Waals surface area contributed by atoms with Gasteiger partial charge in [-0.1, -0.05) is 54.1 Å². The van der Waals surface area contributed by atoms with Crippen LogP contribution in [0.4, 0.5) is 0 Å². The molecule has 1 heterocycles. The lowest BCUT2D eigenvalue weighted by Gasteiger charge is -2.43. The van der Waals surface area contributed by atoms with Gasteiger partial charge in [-0.05, 0) is 23.3 Å². The molecule has 0 aromatic heterocycles. The molecule has 1 aliphatic heterocycles. The van der Waals surface area contributed by atoms with Gasteiger partial charge >= 0.3 is 5.97 Å². The SMILES string of the molecule is NC(=O)[C@@H]1CN([C@H](c2ccccc2)c2ccc(Cl)cc2)CCN1CCOCC(=O)O. The van der Waals surface area contributed by atoms with Gasteiger partial charge in [0.25, 0.3) is 0 Å². The number of ether oxygens (including phenoxy) is 1. The standard InChI is InChI=1S/C22H26ClN3O4/c23-18-8-6-17(7-9-18)21(16-4-2-1-3-5-16)26-11-10-25(19(14-26)22(24)29)12-13-30-15-20(27)28/h1-9,19,21H,10-15H2,(H2,24,29)(H,27,28)/t19-,21+/m0/s1. The number of aliphatic carboxylic acids is 1. The number of carboxylic acid groups (broad SMARTS) is 1. The maximum absolute atomic E-state index is 12.2. The Balaban J connectivity index is 1.77. The van der Waals surface area contributed by atoms with E-state index in [9.17, 15) is 9.59 Å². The van der Waals surface area contributed by atoms with Crippen molar-refractivity contribution in [1.82, 2.24) is 9.80 Å². The van der Waals surface area contributed by atoms with Crippen molar-refractivity contribution in [3.8, 4) is 0 Å². The maximum Gasteiger partial charge on any atom is 0.329 e. The van der Waals surface area contributed by atoms with Crippen molar-refractivity contribution in [2.24, 2.45) is 5.73 Å². The van der Waals surface area contributed by atoms with Gasteiger partial charge in [0.1, 0.15) is 12.6 Å². The average molecular weight is 432 g/mol. The largest absolute Gasteiger partial charge is 0.480 e. The Labute approximate surface area is 181 Å². The van der Waals surface area contributed by atoms with Gasteiger partial charge in [0.05, 0.1) is 12.6 Å². The molecule has 0 saturated carbocycles. The molecule has 0 unspecified atom stereocenters. The average Bonchev–Trinajstić information content (AvgIpc) is 2.74. The van der Waals surface area contributed by atoms with E-state index >= 15 is 0 Å². The number of piperazine rings is 1. The Hall–Kier alpha value is -2.45. The Morgan fingerprint density at radius 1 is 1.10 bits per heavy atom. The van der Waals surface area contributed by atoms with Gasteiger partial charge in [0.15, 0.2) is 0 Å². The molecule has 0 bridgehead atoms. The van der Waals surface area contributed by atoms with Gasteiger partial charge in [0, 0.05) is 31.2 Å². The normalized spacial score (nSPS) is 18.8. The summed E-state index contributed by atoms with van der Waals surface area (Å²) in [6.07, 6.45) is 0. The molecule has 2 atom stereocenters. The highest BCUT2D eigenvalue weighted by Crippen LogP contribution is 2.31. The van der Waals surface area contributed by atoms with Crippen LogP contribution in [0.15, 0.2) is 54.6 Å². The van der Waals surface area contributed by atoms with Crippen LogP contribution in [0.3, 0.4) is 0 Å². The fourth-order valence-electron chi connectivity index (χ4n) is 3.85. The fraction of sp³-hybridized carbons (Fsp3) is 0.364. The smallest absolute Gasteiger partial charge is 0.329 e. The van der Waals surface area contributed by atoms with E-state index < -0.39 is 17.9 Å². The van der Waals surface area contributed by atoms with Crippen LogP contribution < -0.4 is 5.73 Å². The molecule has 160 valence electrons. The number of nitrogens with two attached hydrogens (primary N) is 1. The van der Waals surface area contributed by atoms with Crippen molar-refractivity contribution in [3.05, 3.63) is 70.7 Å². The van der Waals surface area contributed by atoms with Crippen LogP contribution in [0.5, 0.6) is 0 Å². The minimum atomic E-state index is -1.01. The summed E-state index contributed by atoms with van der Waals surface area (Å²) in [6, 6.07) is 17.4. The lowest BCUT2D eigenvalue weighted by molar-refractivity contribution is -0.142. The Bertz CT molecular complexity index is 847. The molecule has 7 nitrogen and oxygen atoms in total. The molecule has 1 fully saturated rings. The lowest BCUT2D eigenvalue weighted by atomic mass is 9.95. The van der Waals surface area contributed by atoms with Crippen LogP contribution in [0, 0.1) is 0 Å². The predicted molar refractivity (Wildman–Crippen MR) is 114 cm³/mol. The van der Waals surface area contributed by atoms with E-state index in [1.165, 1.54) is 0 Å². The number of hydrogen-bond acceptors (Lipinski definition) is 5. The van der Waals surface area contributed by atoms with E-state index in [0.717, 1.165) is 17.7 Å². The summed E-state index contributed by atoms with van der Waals surface area (Å²) >= 11 is 6.08. The molecule has 8 heteroatoms. The predicted octanol–water partition coefficient (Wildman–Crippen LogP) is 2.00. The van der Waals surface area contributed by atoms with Crippen LogP contribution >= 0.6 is 11.6 Å². The van der Waals surface area contributed by atoms with Crippen LogP contribution in [-0.2, 0) is 14.3 Å². The first-order valence-corrected chi connectivity index (χ1v) is 10.2. The zero-order chi connectivity index (χ0) is 21.5. The highest BCUT2D eigenvalue weighted by Gasteiger charge is 2.34. The molecule has 2 aromatic rings. The number of carboxylic acids is 1. The third-order valence-electron chi connectivity index (χ3n) is 5.27. The molecule has 3 N–H and O–H groups in total. The number of rotatable bonds is 9. The van der Waals surface area contributed by atoms with Crippen molar-refractivity contribution in [1.29, 1.82) is 0 Å². The molecule has 3 rings (SSSR count). The van der Waals surface area contributed by atoms with Gasteiger partial charge in [-0.3, -0.25) is 14.6 Å². The first-order chi connectivity index (χ1) is 14.5. The maximum atomic E-state index is 12.2. The van der Waals surface area contributed by atoms with Crippen LogP contribution in [0.25, 0.3) is 0 Å². The number of halogens is 1. The molecule has 0 radical (unpaired) electrons. The zero-order valence-corrected chi connectivity index (χ0v) is 17.4. The Morgan fingerprint density at radius 3 is 2.40 bits per heavy atom. The number of carbonyl (C=O) groups is 2. The highest BCUT2D eigenvalue weighted by molar-refractivity contribution is 6.30. The van der Waals surface area contributed by atoms with Gasteiger partial charge in [-0.15, -0.1) is 0 Å². The molecule has 1 amide bonds. The van der Waals surface area contributed by atoms with E-state index in [1.54, 1.807) is 0 Å². The second-order valence-electron chi connectivity index (χ2n) is 7.26. The van der Waals surface area contributed by atoms with Crippen molar-refractivity contribution < 1.29 is 19.4 Å². The molecule has 1 aliphatic rings. The summed E-state index contributed by atoms with van der Waals surface area (Å²) in [7, 11) is 0. The summed E-state index contributed by atoms with van der Waals surface area (Å²) in [5.41, 5.74) is 7.93. The number of nitrogens with zero attached hydrogens (tertiary/aromatic N) is 2. The topological polar surface area (TPSA) is 96.1 Å². The highest BCUT2D eigenvalue weighted by atomic mass is 35.5. The molecule has 0 spiro atoms. The van der Waals surface area contributed by atoms with Crippen molar-refractivity contribution in [2.75, 3.05) is 39.4 Å². The monoisotopic (exact) mass is 431 g/mol. The summed E-state index contributed by atoms with van der Waals surface area (Å²) < 4.78 is 5.13. The fourth-order valence-corrected chi connectivity index (χ4v) is 3.98. The van der Waals surface area contributed by atoms with Crippen molar-refractivity contribution >= 4 is 23.5 Å². The number of amides is 1. The van der Waals surface area contributed by atoms with E-state index in [0.29, 0.717) is 24.7 Å². The van der Waals surface area contributed by atoms with Crippen LogP contribution in [0.1, 0.15) is 17.2 Å². The minimum Gasteiger partial charge on any atom is -0.480 e. The van der Waals surface area contributed by atoms with Gasteiger partial charge in [0.2, 0.25) is 5.91 Å². The first kappa shape index (κ1) is 22.2. The number of primary amides is 1. The third-order valence-corrected chi connectivity index (χ3v) is 5.52. The van der Waals surface area contributed by atoms with E-state index in [-0.39, 0.29) is 19.3 Å². The van der Waals surface area contributed by atoms with Crippen molar-refractivity contribution in [3.63, 3.8) is 0 Å². The van der Waals surface area contributed by atoms with E-state index in [4.69, 9.17) is 27.2 Å². The molecule has 2 aromatic carbocycles. The lowest BCUT2D eigenvalue weighted by Crippen LogP contribution is -2.59. The second-order valence-corrected chi connectivity index (χ2v) is 7.70. The minimum absolute atomic E-state index is 0.0317. The molecule has 0 aliphatic carbocycles. The van der Waals surface area contributed by atoms with E-state index in [2.05, 4.69) is 17.0 Å². The van der Waals surface area contributed by atoms with Gasteiger partial charge < -0.3 is 15.6 Å². The Morgan fingerprint density at radius 2 is 1.77 bits per heavy atom. The third kappa shape index (κ3) is 5.79. The summed E-state index contributed by atoms with van der Waals surface area (Å²) in [5.74, 6) is -1.42. The van der Waals surface area contributed by atoms with Crippen LogP contribution in [-0.4, -0.2) is 72.2 Å². The second kappa shape index (κ2) is 10.5. The zero-order valence-electron chi connectivity index (χ0n) is 16.6. The number of benzene rings is 2. The van der Waals surface area contributed by atoms with E-state index in [1.807, 2.05) is 47.4 Å². The molecule has 30 heavy (non-hydrogen) atoms. The Kier molecular flexibility index (Phi) is 7.81. The van der Waals surface area contributed by atoms with Crippen molar-refractivity contribution in [2.45, 2.75) is 12.1 Å². The quantitative estimate of drug-likeness (QED) is 0.589. The molecular formula is C22H26ClN3O4. The summed E-state index contributed by atoms with van der Waals surface area (Å²) in [4.78, 5) is 27.0.